The van der Waals surface area contributed by atoms with Gasteiger partial charge in [0.1, 0.15) is 11.5 Å². The van der Waals surface area contributed by atoms with Crippen LogP contribution in [0.4, 0.5) is 0 Å². The van der Waals surface area contributed by atoms with Crippen molar-refractivity contribution in [1.29, 1.82) is 0 Å². The normalized spacial score (nSPS) is 11.5. The average molecular weight is 667 g/mol. The summed E-state index contributed by atoms with van der Waals surface area (Å²) in [6.07, 6.45) is 15.1. The third kappa shape index (κ3) is 14.4. The van der Waals surface area contributed by atoms with E-state index >= 15 is 0 Å². The molecule has 10 heteroatoms. The predicted molar refractivity (Wildman–Crippen MR) is 189 cm³/mol. The van der Waals surface area contributed by atoms with Crippen LogP contribution in [0.3, 0.4) is 0 Å². The number of benzene rings is 2. The first-order chi connectivity index (χ1) is 23.2. The van der Waals surface area contributed by atoms with Crippen molar-refractivity contribution in [3.8, 4) is 11.5 Å². The smallest absolute Gasteiger partial charge is 0.273 e. The number of hydrogen-bond acceptors (Lipinski definition) is 6. The van der Waals surface area contributed by atoms with Gasteiger partial charge in [-0.15, -0.1) is 0 Å². The van der Waals surface area contributed by atoms with Gasteiger partial charge < -0.3 is 10.2 Å². The zero-order valence-electron chi connectivity index (χ0n) is 29.3. The zero-order valence-corrected chi connectivity index (χ0v) is 29.3. The van der Waals surface area contributed by atoms with Gasteiger partial charge in [0.05, 0.1) is 11.1 Å². The van der Waals surface area contributed by atoms with Crippen LogP contribution < -0.4 is 21.7 Å². The lowest BCUT2D eigenvalue weighted by molar-refractivity contribution is -0.126. The second-order valence-corrected chi connectivity index (χ2v) is 12.6. The molecule has 4 amide bonds. The van der Waals surface area contributed by atoms with Crippen molar-refractivity contribution in [2.24, 2.45) is 5.92 Å². The number of unbranched alkanes of at least 4 members (excludes halogenated alkanes) is 9. The molecular weight excluding hydrogens is 608 g/mol. The summed E-state index contributed by atoms with van der Waals surface area (Å²) in [6.45, 7) is 6.36. The van der Waals surface area contributed by atoms with Crippen molar-refractivity contribution in [3.63, 3.8) is 0 Å². The Labute approximate surface area is 286 Å². The fourth-order valence-electron chi connectivity index (χ4n) is 5.70. The molecule has 10 nitrogen and oxygen atoms in total. The fourth-order valence-corrected chi connectivity index (χ4v) is 5.70. The lowest BCUT2D eigenvalue weighted by Gasteiger charge is -2.18. The molecule has 0 aliphatic rings. The molecule has 1 unspecified atom stereocenters. The molecule has 0 bridgehead atoms. The summed E-state index contributed by atoms with van der Waals surface area (Å²) in [5.74, 6) is -2.31. The number of aromatic hydroxyl groups is 2. The third-order valence-electron chi connectivity index (χ3n) is 8.68. The number of aryl methyl sites for hydroxylation is 2. The van der Waals surface area contributed by atoms with E-state index in [2.05, 4.69) is 42.5 Å². The minimum Gasteiger partial charge on any atom is -0.507 e. The van der Waals surface area contributed by atoms with Crippen LogP contribution in [0.5, 0.6) is 11.5 Å². The highest BCUT2D eigenvalue weighted by Crippen LogP contribution is 2.26. The molecule has 0 saturated carbocycles. The van der Waals surface area contributed by atoms with Crippen molar-refractivity contribution < 1.29 is 29.4 Å². The summed E-state index contributed by atoms with van der Waals surface area (Å²) < 4.78 is 0. The molecule has 2 aromatic rings. The predicted octanol–water partition coefficient (Wildman–Crippen LogP) is 7.32. The number of hydrogen-bond donors (Lipinski definition) is 6. The van der Waals surface area contributed by atoms with Crippen molar-refractivity contribution in [2.75, 3.05) is 0 Å². The Hall–Kier alpha value is -4.08. The quantitative estimate of drug-likeness (QED) is 0.0571. The molecule has 2 rings (SSSR count). The molecule has 1 atom stereocenters. The second kappa shape index (κ2) is 23.3. The van der Waals surface area contributed by atoms with Crippen LogP contribution in [0.1, 0.15) is 155 Å². The molecule has 0 aliphatic carbocycles. The maximum atomic E-state index is 13.1. The minimum absolute atomic E-state index is 0.0576. The molecule has 0 fully saturated rings. The zero-order chi connectivity index (χ0) is 35.1. The molecule has 48 heavy (non-hydrogen) atoms. The van der Waals surface area contributed by atoms with E-state index in [9.17, 15) is 29.4 Å². The highest BCUT2D eigenvalue weighted by Gasteiger charge is 2.21. The van der Waals surface area contributed by atoms with Crippen molar-refractivity contribution >= 4 is 23.6 Å². The highest BCUT2D eigenvalue weighted by molar-refractivity contribution is 5.99. The summed E-state index contributed by atoms with van der Waals surface area (Å²) in [7, 11) is 0. The Morgan fingerprint density at radius 2 is 1.02 bits per heavy atom. The van der Waals surface area contributed by atoms with Gasteiger partial charge in [-0.25, -0.2) is 0 Å². The third-order valence-corrected chi connectivity index (χ3v) is 8.68. The molecule has 0 heterocycles. The van der Waals surface area contributed by atoms with Gasteiger partial charge in [0.2, 0.25) is 11.8 Å². The van der Waals surface area contributed by atoms with Crippen molar-refractivity contribution in [3.05, 3.63) is 58.7 Å². The van der Waals surface area contributed by atoms with E-state index in [0.29, 0.717) is 49.7 Å². The largest absolute Gasteiger partial charge is 0.507 e. The molecule has 0 aromatic heterocycles. The van der Waals surface area contributed by atoms with Crippen LogP contribution in [-0.4, -0.2) is 33.8 Å². The number of rotatable bonds is 22. The van der Waals surface area contributed by atoms with Gasteiger partial charge in [-0.3, -0.25) is 40.9 Å². The van der Waals surface area contributed by atoms with E-state index in [0.717, 1.165) is 70.6 Å². The first-order valence-corrected chi connectivity index (χ1v) is 18.0. The van der Waals surface area contributed by atoms with E-state index in [1.54, 1.807) is 18.2 Å². The van der Waals surface area contributed by atoms with Crippen LogP contribution in [0.2, 0.25) is 0 Å². The average Bonchev–Trinajstić information content (AvgIpc) is 3.08. The molecule has 6 N–H and O–H groups in total. The molecule has 266 valence electrons. The number of carbonyl (C=O) groups excluding carboxylic acids is 4. The number of phenolic OH excluding ortho intramolecular Hbond substituents is 2. The second-order valence-electron chi connectivity index (χ2n) is 12.6. The van der Waals surface area contributed by atoms with E-state index < -0.39 is 11.8 Å². The number of amides is 4. The van der Waals surface area contributed by atoms with E-state index in [1.165, 1.54) is 12.1 Å². The SMILES string of the molecule is CCCCCCc1cccc(C(=O)NNC(=O)CCCCC(CCCCC)C(=O)NNC(=O)c2cccc(CCCCCC)c2O)c1O. The summed E-state index contributed by atoms with van der Waals surface area (Å²) in [5, 5.41) is 21.3. The topological polar surface area (TPSA) is 157 Å². The monoisotopic (exact) mass is 666 g/mol. The lowest BCUT2D eigenvalue weighted by atomic mass is 9.94. The van der Waals surface area contributed by atoms with Gasteiger partial charge in [0.25, 0.3) is 11.8 Å². The van der Waals surface area contributed by atoms with Crippen LogP contribution in [0, 0.1) is 5.92 Å². The number of para-hydroxylation sites is 2. The van der Waals surface area contributed by atoms with E-state index in [4.69, 9.17) is 0 Å². The van der Waals surface area contributed by atoms with Gasteiger partial charge in [0, 0.05) is 12.3 Å². The standard InChI is InChI=1S/C38H58N4O6/c1-4-7-10-13-19-28-23-17-25-31(34(28)44)37(47)41-39-33(43)27-16-15-22-30(21-12-9-6-3)36(46)40-42-38(48)32-26-18-24-29(35(32)45)20-14-11-8-5-2/h17-18,23-26,30,44-45H,4-16,19-22,27H2,1-3H3,(H,39,43)(H,40,46)(H,41,47)(H,42,48). The number of nitrogens with one attached hydrogen (secondary N) is 4. The van der Waals surface area contributed by atoms with Gasteiger partial charge in [-0.05, 0) is 68.2 Å². The first kappa shape index (κ1) is 40.1. The lowest BCUT2D eigenvalue weighted by Crippen LogP contribution is -2.44. The highest BCUT2D eigenvalue weighted by atomic mass is 16.3. The van der Waals surface area contributed by atoms with Crippen LogP contribution >= 0.6 is 0 Å². The Morgan fingerprint density at radius 1 is 0.562 bits per heavy atom. The van der Waals surface area contributed by atoms with Crippen LogP contribution in [0.15, 0.2) is 36.4 Å². The summed E-state index contributed by atoms with van der Waals surface area (Å²) >= 11 is 0. The maximum absolute atomic E-state index is 13.1. The Morgan fingerprint density at radius 3 is 1.52 bits per heavy atom. The van der Waals surface area contributed by atoms with Gasteiger partial charge >= 0.3 is 0 Å². The van der Waals surface area contributed by atoms with Crippen molar-refractivity contribution in [1.82, 2.24) is 21.7 Å². The molecule has 0 aliphatic heterocycles. The summed E-state index contributed by atoms with van der Waals surface area (Å²) in [6, 6.07) is 10.1. The van der Waals surface area contributed by atoms with Crippen LogP contribution in [0.25, 0.3) is 0 Å². The van der Waals surface area contributed by atoms with E-state index in [-0.39, 0.29) is 46.8 Å². The number of phenols is 2. The number of hydrazine groups is 2. The minimum atomic E-state index is -0.585. The van der Waals surface area contributed by atoms with Gasteiger partial charge in [-0.2, -0.15) is 0 Å². The molecule has 2 aromatic carbocycles. The molecule has 0 radical (unpaired) electrons. The maximum Gasteiger partial charge on any atom is 0.273 e. The Bertz CT molecular complexity index is 1300. The molecule has 0 spiro atoms. The first-order valence-electron chi connectivity index (χ1n) is 18.0. The van der Waals surface area contributed by atoms with Gasteiger partial charge in [0.15, 0.2) is 0 Å². The fraction of sp³-hybridized carbons (Fsp3) is 0.579. The van der Waals surface area contributed by atoms with Crippen LogP contribution in [-0.2, 0) is 22.4 Å². The number of carbonyl (C=O) groups is 4. The molecular formula is C38H58N4O6. The summed E-state index contributed by atoms with van der Waals surface area (Å²) in [5.41, 5.74) is 11.5. The Kier molecular flexibility index (Phi) is 19.4. The summed E-state index contributed by atoms with van der Waals surface area (Å²) in [4.78, 5) is 51.0. The molecule has 0 saturated heterocycles. The van der Waals surface area contributed by atoms with Crippen molar-refractivity contribution in [2.45, 2.75) is 136 Å². The van der Waals surface area contributed by atoms with Gasteiger partial charge in [-0.1, -0.05) is 109 Å². The Balaban J connectivity index is 1.82. The van der Waals surface area contributed by atoms with E-state index in [1.807, 2.05) is 6.07 Å².